The lowest BCUT2D eigenvalue weighted by molar-refractivity contribution is -0.115. The van der Waals surface area contributed by atoms with Crippen LogP contribution < -0.4 is 5.32 Å². The number of nitrogens with one attached hydrogen (secondary N) is 2. The molecule has 22 heavy (non-hydrogen) atoms. The number of halogens is 3. The summed E-state index contributed by atoms with van der Waals surface area (Å²) < 4.78 is 26.9. The second kappa shape index (κ2) is 5.88. The van der Waals surface area contributed by atoms with E-state index in [9.17, 15) is 13.6 Å². The maximum atomic E-state index is 13.7. The molecular weight excluding hydrogens is 354 g/mol. The normalized spacial score (nSPS) is 10.9. The van der Waals surface area contributed by atoms with Crippen LogP contribution in [0.4, 0.5) is 14.5 Å². The average Bonchev–Trinajstić information content (AvgIpc) is 2.86. The summed E-state index contributed by atoms with van der Waals surface area (Å²) in [7, 11) is 0. The lowest BCUT2D eigenvalue weighted by Crippen LogP contribution is -2.15. The Bertz CT molecular complexity index is 837. The first-order valence-corrected chi connectivity index (χ1v) is 7.33. The third-order valence-corrected chi connectivity index (χ3v) is 3.92. The van der Waals surface area contributed by atoms with Crippen LogP contribution >= 0.6 is 15.9 Å². The van der Waals surface area contributed by atoms with E-state index in [-0.39, 0.29) is 22.5 Å². The van der Waals surface area contributed by atoms with E-state index in [2.05, 4.69) is 26.2 Å². The molecular formula is C16H11BrF2N2O. The number of fused-ring (bicyclic) bond motifs is 1. The van der Waals surface area contributed by atoms with Crippen molar-refractivity contribution in [1.29, 1.82) is 0 Å². The highest BCUT2D eigenvalue weighted by Gasteiger charge is 2.14. The van der Waals surface area contributed by atoms with Crippen molar-refractivity contribution in [2.24, 2.45) is 0 Å². The molecule has 112 valence electrons. The topological polar surface area (TPSA) is 44.9 Å². The number of amides is 1. The number of para-hydroxylation sites is 1. The highest BCUT2D eigenvalue weighted by Crippen LogP contribution is 2.27. The van der Waals surface area contributed by atoms with Crippen LogP contribution in [-0.4, -0.2) is 10.9 Å². The van der Waals surface area contributed by atoms with Gasteiger partial charge in [0.05, 0.1) is 12.1 Å². The number of hydrogen-bond donors (Lipinski definition) is 2. The summed E-state index contributed by atoms with van der Waals surface area (Å²) in [5.74, 6) is -1.91. The lowest BCUT2D eigenvalue weighted by Gasteiger charge is -2.08. The molecule has 0 saturated heterocycles. The number of carbonyl (C=O) groups is 1. The minimum Gasteiger partial charge on any atom is -0.361 e. The maximum Gasteiger partial charge on any atom is 0.228 e. The Morgan fingerprint density at radius 1 is 1.23 bits per heavy atom. The van der Waals surface area contributed by atoms with Gasteiger partial charge in [0.2, 0.25) is 5.91 Å². The van der Waals surface area contributed by atoms with Crippen molar-refractivity contribution in [3.8, 4) is 0 Å². The van der Waals surface area contributed by atoms with Crippen molar-refractivity contribution in [3.05, 3.63) is 64.3 Å². The van der Waals surface area contributed by atoms with Gasteiger partial charge in [0.1, 0.15) is 5.82 Å². The molecule has 6 heteroatoms. The molecule has 0 fully saturated rings. The molecule has 3 aromatic rings. The Hall–Kier alpha value is -2.21. The zero-order valence-corrected chi connectivity index (χ0v) is 12.9. The Kier molecular flexibility index (Phi) is 3.94. The fourth-order valence-electron chi connectivity index (χ4n) is 2.30. The van der Waals surface area contributed by atoms with E-state index in [0.717, 1.165) is 28.6 Å². The number of carbonyl (C=O) groups excluding carboxylic acids is 1. The molecule has 0 bridgehead atoms. The lowest BCUT2D eigenvalue weighted by atomic mass is 10.1. The molecule has 1 heterocycles. The molecule has 2 N–H and O–H groups in total. The quantitative estimate of drug-likeness (QED) is 0.711. The van der Waals surface area contributed by atoms with E-state index in [1.165, 1.54) is 0 Å². The zero-order chi connectivity index (χ0) is 15.7. The first-order chi connectivity index (χ1) is 10.5. The van der Waals surface area contributed by atoms with Gasteiger partial charge in [-0.05, 0) is 33.6 Å². The van der Waals surface area contributed by atoms with Crippen molar-refractivity contribution in [1.82, 2.24) is 4.98 Å². The minimum atomic E-state index is -0.820. The predicted octanol–water partition coefficient (Wildman–Crippen LogP) is 4.39. The SMILES string of the molecule is O=C(Cc1c[nH]c2ccccc12)Nc1c(F)cc(F)cc1Br. The van der Waals surface area contributed by atoms with Gasteiger partial charge in [-0.3, -0.25) is 4.79 Å². The molecule has 2 aromatic carbocycles. The number of anilines is 1. The molecule has 0 aliphatic carbocycles. The van der Waals surface area contributed by atoms with Crippen molar-refractivity contribution < 1.29 is 13.6 Å². The zero-order valence-electron chi connectivity index (χ0n) is 11.3. The van der Waals surface area contributed by atoms with Crippen LogP contribution in [0.5, 0.6) is 0 Å². The minimum absolute atomic E-state index is 0.0637. The number of aromatic amines is 1. The van der Waals surface area contributed by atoms with Crippen LogP contribution in [0.15, 0.2) is 47.1 Å². The van der Waals surface area contributed by atoms with Crippen LogP contribution in [0.1, 0.15) is 5.56 Å². The number of rotatable bonds is 3. The van der Waals surface area contributed by atoms with Gasteiger partial charge in [-0.15, -0.1) is 0 Å². The number of hydrogen-bond acceptors (Lipinski definition) is 1. The Morgan fingerprint density at radius 3 is 2.77 bits per heavy atom. The summed E-state index contributed by atoms with van der Waals surface area (Å²) in [5, 5.41) is 3.41. The second-order valence-electron chi connectivity index (χ2n) is 4.83. The smallest absolute Gasteiger partial charge is 0.228 e. The molecule has 3 rings (SSSR count). The fourth-order valence-corrected chi connectivity index (χ4v) is 2.80. The Morgan fingerprint density at radius 2 is 2.00 bits per heavy atom. The van der Waals surface area contributed by atoms with Gasteiger partial charge in [-0.25, -0.2) is 8.78 Å². The van der Waals surface area contributed by atoms with E-state index in [4.69, 9.17) is 0 Å². The summed E-state index contributed by atoms with van der Waals surface area (Å²) in [6, 6.07) is 9.42. The molecule has 3 nitrogen and oxygen atoms in total. The van der Waals surface area contributed by atoms with Gasteiger partial charge in [0, 0.05) is 27.6 Å². The van der Waals surface area contributed by atoms with Crippen LogP contribution in [0, 0.1) is 11.6 Å². The summed E-state index contributed by atoms with van der Waals surface area (Å²) in [6.45, 7) is 0. The van der Waals surface area contributed by atoms with E-state index in [1.807, 2.05) is 24.3 Å². The van der Waals surface area contributed by atoms with Gasteiger partial charge in [0.15, 0.2) is 5.82 Å². The number of H-pyrrole nitrogens is 1. The highest BCUT2D eigenvalue weighted by atomic mass is 79.9. The second-order valence-corrected chi connectivity index (χ2v) is 5.68. The molecule has 0 aliphatic rings. The molecule has 0 aliphatic heterocycles. The van der Waals surface area contributed by atoms with Crippen molar-refractivity contribution in [2.45, 2.75) is 6.42 Å². The number of aromatic nitrogens is 1. The largest absolute Gasteiger partial charge is 0.361 e. The van der Waals surface area contributed by atoms with Crippen molar-refractivity contribution >= 4 is 38.4 Å². The van der Waals surface area contributed by atoms with E-state index < -0.39 is 11.6 Å². The maximum absolute atomic E-state index is 13.7. The number of benzene rings is 2. The van der Waals surface area contributed by atoms with E-state index >= 15 is 0 Å². The van der Waals surface area contributed by atoms with Crippen molar-refractivity contribution in [2.75, 3.05) is 5.32 Å². The van der Waals surface area contributed by atoms with Gasteiger partial charge in [0.25, 0.3) is 0 Å². The third kappa shape index (κ3) is 2.87. The van der Waals surface area contributed by atoms with Crippen LogP contribution in [0.25, 0.3) is 10.9 Å². The van der Waals surface area contributed by atoms with E-state index in [1.54, 1.807) is 6.20 Å². The summed E-state index contributed by atoms with van der Waals surface area (Å²) in [6.07, 6.45) is 1.84. The fraction of sp³-hybridized carbons (Fsp3) is 0.0625. The van der Waals surface area contributed by atoms with Crippen LogP contribution in [0.2, 0.25) is 0 Å². The van der Waals surface area contributed by atoms with Crippen LogP contribution in [-0.2, 0) is 11.2 Å². The molecule has 0 saturated carbocycles. The van der Waals surface area contributed by atoms with Gasteiger partial charge in [-0.2, -0.15) is 0 Å². The first kappa shape index (κ1) is 14.7. The predicted molar refractivity (Wildman–Crippen MR) is 84.7 cm³/mol. The summed E-state index contributed by atoms with van der Waals surface area (Å²) in [5.41, 5.74) is 1.68. The Labute approximate surface area is 133 Å². The first-order valence-electron chi connectivity index (χ1n) is 6.54. The average molecular weight is 365 g/mol. The Balaban J connectivity index is 1.81. The highest BCUT2D eigenvalue weighted by molar-refractivity contribution is 9.10. The van der Waals surface area contributed by atoms with Gasteiger partial charge < -0.3 is 10.3 Å². The molecule has 0 atom stereocenters. The third-order valence-electron chi connectivity index (χ3n) is 3.30. The molecule has 0 spiro atoms. The van der Waals surface area contributed by atoms with Crippen molar-refractivity contribution in [3.63, 3.8) is 0 Å². The van der Waals surface area contributed by atoms with Gasteiger partial charge in [-0.1, -0.05) is 18.2 Å². The molecule has 0 unspecified atom stereocenters. The molecule has 1 amide bonds. The summed E-state index contributed by atoms with van der Waals surface area (Å²) >= 11 is 3.04. The summed E-state index contributed by atoms with van der Waals surface area (Å²) in [4.78, 5) is 15.2. The standard InChI is InChI=1S/C16H11BrF2N2O/c17-12-6-10(18)7-13(19)16(12)21-15(22)5-9-8-20-14-4-2-1-3-11(9)14/h1-4,6-8,20H,5H2,(H,21,22). The molecule has 1 aromatic heterocycles. The molecule has 0 radical (unpaired) electrons. The van der Waals surface area contributed by atoms with Crippen LogP contribution in [0.3, 0.4) is 0 Å². The van der Waals surface area contributed by atoms with E-state index in [0.29, 0.717) is 0 Å². The monoisotopic (exact) mass is 364 g/mol. The van der Waals surface area contributed by atoms with Gasteiger partial charge >= 0.3 is 0 Å².